The average Bonchev–Trinajstić information content (AvgIpc) is 3.10. The van der Waals surface area contributed by atoms with Crippen LogP contribution >= 0.6 is 39.1 Å². The zero-order valence-corrected chi connectivity index (χ0v) is 14.8. The number of alkyl halides is 1. The van der Waals surface area contributed by atoms with Gasteiger partial charge in [-0.1, -0.05) is 58.6 Å². The maximum atomic E-state index is 6.51. The molecule has 1 aromatic carbocycles. The first kappa shape index (κ1) is 15.4. The van der Waals surface area contributed by atoms with Crippen molar-refractivity contribution in [3.8, 4) is 0 Å². The molecule has 0 saturated heterocycles. The quantitative estimate of drug-likeness (QED) is 0.611. The van der Waals surface area contributed by atoms with Crippen LogP contribution in [-0.4, -0.2) is 9.78 Å². The molecule has 3 rings (SSSR count). The van der Waals surface area contributed by atoms with Gasteiger partial charge in [0.15, 0.2) is 0 Å². The first-order chi connectivity index (χ1) is 10.2. The Morgan fingerprint density at radius 2 is 1.95 bits per heavy atom. The van der Waals surface area contributed by atoms with Gasteiger partial charge in [-0.3, -0.25) is 0 Å². The van der Waals surface area contributed by atoms with E-state index in [-0.39, 0.29) is 0 Å². The Kier molecular flexibility index (Phi) is 4.92. The fourth-order valence-corrected chi connectivity index (χ4v) is 4.04. The number of hydrogen-bond acceptors (Lipinski definition) is 1. The fourth-order valence-electron chi connectivity index (χ4n) is 3.04. The largest absolute Gasteiger partial charge is 0.249 e. The summed E-state index contributed by atoms with van der Waals surface area (Å²) in [7, 11) is 0. The molecule has 1 fully saturated rings. The second-order valence-electron chi connectivity index (χ2n) is 5.52. The van der Waals surface area contributed by atoms with Gasteiger partial charge in [0, 0.05) is 16.0 Å². The Bertz CT molecular complexity index is 633. The van der Waals surface area contributed by atoms with Crippen LogP contribution < -0.4 is 0 Å². The summed E-state index contributed by atoms with van der Waals surface area (Å²) in [6, 6.07) is 8.15. The molecular formula is C16H17BrCl2N2. The van der Waals surface area contributed by atoms with Crippen molar-refractivity contribution in [1.29, 1.82) is 0 Å². The molecule has 0 radical (unpaired) electrons. The Labute approximate surface area is 143 Å². The molecule has 0 atom stereocenters. The highest BCUT2D eigenvalue weighted by atomic mass is 79.9. The summed E-state index contributed by atoms with van der Waals surface area (Å²) in [5.74, 6) is 0.956. The summed E-state index contributed by atoms with van der Waals surface area (Å²) in [5.41, 5.74) is 3.29. The van der Waals surface area contributed by atoms with Crippen molar-refractivity contribution < 1.29 is 0 Å². The van der Waals surface area contributed by atoms with Crippen molar-refractivity contribution in [2.75, 3.05) is 0 Å². The summed E-state index contributed by atoms with van der Waals surface area (Å²) >= 11 is 16.2. The standard InChI is InChI=1S/C16H17BrCl2N2/c17-14-8-4-3-7-12(14)10-21-16(19)13(9-18)15(20-21)11-5-1-2-6-11/h3-4,7-8,11H,1-2,5-6,9-10H2. The maximum absolute atomic E-state index is 6.51. The summed E-state index contributed by atoms with van der Waals surface area (Å²) in [6.45, 7) is 0.664. The fraction of sp³-hybridized carbons (Fsp3) is 0.438. The lowest BCUT2D eigenvalue weighted by Crippen LogP contribution is -2.04. The number of nitrogens with zero attached hydrogens (tertiary/aromatic N) is 2. The van der Waals surface area contributed by atoms with Crippen LogP contribution in [0.5, 0.6) is 0 Å². The zero-order valence-electron chi connectivity index (χ0n) is 11.7. The molecular weight excluding hydrogens is 371 g/mol. The molecule has 0 N–H and O–H groups in total. The molecule has 2 nitrogen and oxygen atoms in total. The molecule has 1 aliphatic rings. The highest BCUT2D eigenvalue weighted by Gasteiger charge is 2.25. The van der Waals surface area contributed by atoms with E-state index < -0.39 is 0 Å². The molecule has 1 aliphatic carbocycles. The monoisotopic (exact) mass is 386 g/mol. The molecule has 1 saturated carbocycles. The minimum Gasteiger partial charge on any atom is -0.249 e. The highest BCUT2D eigenvalue weighted by Crippen LogP contribution is 2.38. The van der Waals surface area contributed by atoms with E-state index in [0.717, 1.165) is 15.7 Å². The summed E-state index contributed by atoms with van der Waals surface area (Å²) < 4.78 is 2.96. The van der Waals surface area contributed by atoms with E-state index in [0.29, 0.717) is 23.5 Å². The van der Waals surface area contributed by atoms with Gasteiger partial charge >= 0.3 is 0 Å². The van der Waals surface area contributed by atoms with Crippen molar-refractivity contribution in [3.05, 3.63) is 50.7 Å². The molecule has 1 heterocycles. The van der Waals surface area contributed by atoms with Gasteiger partial charge in [0.1, 0.15) is 5.15 Å². The van der Waals surface area contributed by atoms with Gasteiger partial charge in [-0.25, -0.2) is 4.68 Å². The van der Waals surface area contributed by atoms with Crippen molar-refractivity contribution in [2.45, 2.75) is 44.0 Å². The van der Waals surface area contributed by atoms with Gasteiger partial charge in [0.05, 0.1) is 18.1 Å². The number of hydrogen-bond donors (Lipinski definition) is 0. The number of aromatic nitrogens is 2. The lowest BCUT2D eigenvalue weighted by Gasteiger charge is -2.07. The number of halogens is 3. The first-order valence-corrected chi connectivity index (χ1v) is 8.95. The van der Waals surface area contributed by atoms with Crippen LogP contribution in [0.2, 0.25) is 5.15 Å². The Morgan fingerprint density at radius 1 is 1.24 bits per heavy atom. The van der Waals surface area contributed by atoms with Gasteiger partial charge in [0.25, 0.3) is 0 Å². The van der Waals surface area contributed by atoms with Crippen LogP contribution in [0, 0.1) is 0 Å². The summed E-state index contributed by atoms with van der Waals surface area (Å²) in [4.78, 5) is 0. The van der Waals surface area contributed by atoms with Crippen LogP contribution in [0.3, 0.4) is 0 Å². The van der Waals surface area contributed by atoms with Crippen LogP contribution in [0.25, 0.3) is 0 Å². The zero-order chi connectivity index (χ0) is 14.8. The van der Waals surface area contributed by atoms with E-state index >= 15 is 0 Å². The maximum Gasteiger partial charge on any atom is 0.132 e. The minimum absolute atomic E-state index is 0.431. The molecule has 0 bridgehead atoms. The Balaban J connectivity index is 1.94. The third kappa shape index (κ3) is 3.15. The molecule has 5 heteroatoms. The molecule has 21 heavy (non-hydrogen) atoms. The highest BCUT2D eigenvalue weighted by molar-refractivity contribution is 9.10. The van der Waals surface area contributed by atoms with Gasteiger partial charge in [-0.2, -0.15) is 5.10 Å². The van der Waals surface area contributed by atoms with Crippen molar-refractivity contribution in [2.24, 2.45) is 0 Å². The topological polar surface area (TPSA) is 17.8 Å². The van der Waals surface area contributed by atoms with Crippen LogP contribution in [0.15, 0.2) is 28.7 Å². The molecule has 0 amide bonds. The first-order valence-electron chi connectivity index (χ1n) is 7.25. The Morgan fingerprint density at radius 3 is 2.62 bits per heavy atom. The minimum atomic E-state index is 0.431. The lowest BCUT2D eigenvalue weighted by atomic mass is 10.0. The van der Waals surface area contributed by atoms with E-state index in [9.17, 15) is 0 Å². The molecule has 0 unspecified atom stereocenters. The second kappa shape index (κ2) is 6.72. The summed E-state index contributed by atoms with van der Waals surface area (Å²) in [6.07, 6.45) is 4.96. The number of benzene rings is 1. The lowest BCUT2D eigenvalue weighted by molar-refractivity contribution is 0.627. The van der Waals surface area contributed by atoms with Gasteiger partial charge < -0.3 is 0 Å². The van der Waals surface area contributed by atoms with E-state index in [1.54, 1.807) is 0 Å². The van der Waals surface area contributed by atoms with Crippen molar-refractivity contribution in [3.63, 3.8) is 0 Å². The van der Waals surface area contributed by atoms with E-state index in [1.165, 1.54) is 31.2 Å². The van der Waals surface area contributed by atoms with E-state index in [1.807, 2.05) is 22.9 Å². The predicted molar refractivity (Wildman–Crippen MR) is 91.2 cm³/mol. The predicted octanol–water partition coefficient (Wildman–Crippen LogP) is 5.74. The molecule has 112 valence electrons. The molecule has 2 aromatic rings. The van der Waals surface area contributed by atoms with Crippen molar-refractivity contribution >= 4 is 39.1 Å². The van der Waals surface area contributed by atoms with Gasteiger partial charge in [-0.05, 0) is 24.5 Å². The normalized spacial score (nSPS) is 15.8. The molecule has 0 spiro atoms. The third-order valence-corrected chi connectivity index (χ3v) is 5.63. The average molecular weight is 388 g/mol. The number of rotatable bonds is 4. The van der Waals surface area contributed by atoms with E-state index in [2.05, 4.69) is 22.0 Å². The van der Waals surface area contributed by atoms with Crippen LogP contribution in [0.1, 0.15) is 48.4 Å². The molecule has 1 aromatic heterocycles. The summed E-state index contributed by atoms with van der Waals surface area (Å²) in [5, 5.41) is 5.46. The molecule has 0 aliphatic heterocycles. The van der Waals surface area contributed by atoms with Crippen LogP contribution in [0.4, 0.5) is 0 Å². The SMILES string of the molecule is ClCc1c(C2CCCC2)nn(Cc2ccccc2Br)c1Cl. The Hall–Kier alpha value is -0.510. The van der Waals surface area contributed by atoms with Crippen molar-refractivity contribution in [1.82, 2.24) is 9.78 Å². The van der Waals surface area contributed by atoms with Gasteiger partial charge in [-0.15, -0.1) is 11.6 Å². The second-order valence-corrected chi connectivity index (χ2v) is 7.00. The van der Waals surface area contributed by atoms with Gasteiger partial charge in [0.2, 0.25) is 0 Å². The van der Waals surface area contributed by atoms with E-state index in [4.69, 9.17) is 28.3 Å². The smallest absolute Gasteiger partial charge is 0.132 e. The third-order valence-electron chi connectivity index (χ3n) is 4.17. The van der Waals surface area contributed by atoms with Crippen LogP contribution in [-0.2, 0) is 12.4 Å².